The van der Waals surface area contributed by atoms with Crippen LogP contribution in [0.2, 0.25) is 0 Å². The largest absolute Gasteiger partial charge is 0.471 e. The molecule has 1 aliphatic rings. The van der Waals surface area contributed by atoms with Crippen molar-refractivity contribution >= 4 is 24.4 Å². The van der Waals surface area contributed by atoms with Crippen LogP contribution in [0.5, 0.6) is 0 Å². The summed E-state index contributed by atoms with van der Waals surface area (Å²) in [6.45, 7) is -2.02. The number of hydrogen-bond donors (Lipinski definition) is 3. The Morgan fingerprint density at radius 3 is 2.73 bits per heavy atom. The van der Waals surface area contributed by atoms with E-state index in [2.05, 4.69) is 24.7 Å². The lowest BCUT2D eigenvalue weighted by molar-refractivity contribution is -0.141. The van der Waals surface area contributed by atoms with Gasteiger partial charge in [0.2, 0.25) is 0 Å². The summed E-state index contributed by atoms with van der Waals surface area (Å²) in [5, 5.41) is 8.86. The van der Waals surface area contributed by atoms with Gasteiger partial charge < -0.3 is 9.79 Å². The first-order valence-electron chi connectivity index (χ1n) is 11.8. The van der Waals surface area contributed by atoms with Gasteiger partial charge in [-0.25, -0.2) is 18.9 Å². The van der Waals surface area contributed by atoms with Gasteiger partial charge in [-0.2, -0.15) is 23.4 Å². The number of fused-ring (bicyclic) bond motifs is 2. The van der Waals surface area contributed by atoms with E-state index >= 15 is 0 Å². The molecule has 1 saturated carbocycles. The number of nitrogens with one attached hydrogen (secondary N) is 1. The van der Waals surface area contributed by atoms with Crippen LogP contribution in [-0.2, 0) is 22.4 Å². The maximum atomic E-state index is 13.0. The highest BCUT2D eigenvalue weighted by Crippen LogP contribution is 2.56. The second-order valence-electron chi connectivity index (χ2n) is 9.39. The highest BCUT2D eigenvalue weighted by Gasteiger charge is 2.42. The standard InChI is InChI=1S/C23H19F3N7O6P/c24-23(25,26)10-33-19-5-12(1-2-13(19)8-28-33)14-6-15(14)16-7-18(30-32-4-3-27-20(16)32)17-9-31(11-39-40(36,37)38)22(35)29-21(17)34/h1-5,7-9,14-15H,6,10-11H2,(H,29,34,35)(H2,36,37,38)/t14-,15+/m0/s1. The van der Waals surface area contributed by atoms with Gasteiger partial charge in [-0.15, -0.1) is 0 Å². The minimum absolute atomic E-state index is 0.0433. The third kappa shape index (κ3) is 5.09. The number of phosphoric acid groups is 1. The molecule has 4 aromatic heterocycles. The summed E-state index contributed by atoms with van der Waals surface area (Å²) in [6.07, 6.45) is 1.82. The number of nitrogens with zero attached hydrogens (tertiary/aromatic N) is 6. The van der Waals surface area contributed by atoms with Gasteiger partial charge in [0.05, 0.1) is 23.0 Å². The fourth-order valence-electron chi connectivity index (χ4n) is 4.79. The van der Waals surface area contributed by atoms with Crippen molar-refractivity contribution in [2.24, 2.45) is 0 Å². The van der Waals surface area contributed by atoms with Crippen molar-refractivity contribution < 1.29 is 32.0 Å². The Hall–Kier alpha value is -4.11. The molecule has 0 spiro atoms. The molecule has 2 atom stereocenters. The van der Waals surface area contributed by atoms with Gasteiger partial charge in [0.15, 0.2) is 5.65 Å². The van der Waals surface area contributed by atoms with E-state index in [1.165, 1.54) is 16.9 Å². The monoisotopic (exact) mass is 577 g/mol. The smallest absolute Gasteiger partial charge is 0.303 e. The predicted octanol–water partition coefficient (Wildman–Crippen LogP) is 2.50. The van der Waals surface area contributed by atoms with Gasteiger partial charge in [-0.05, 0) is 36.0 Å². The van der Waals surface area contributed by atoms with Crippen molar-refractivity contribution in [3.05, 3.63) is 81.0 Å². The number of rotatable bonds is 7. The summed E-state index contributed by atoms with van der Waals surface area (Å²) in [5.74, 6) is -0.135. The van der Waals surface area contributed by atoms with E-state index in [4.69, 9.17) is 9.79 Å². The molecule has 0 bridgehead atoms. The zero-order valence-corrected chi connectivity index (χ0v) is 21.1. The van der Waals surface area contributed by atoms with Crippen molar-refractivity contribution in [2.45, 2.75) is 37.7 Å². The van der Waals surface area contributed by atoms with Crippen molar-refractivity contribution in [3.8, 4) is 11.3 Å². The van der Waals surface area contributed by atoms with Crippen LogP contribution in [0.3, 0.4) is 0 Å². The molecular formula is C23H19F3N7O6P. The van der Waals surface area contributed by atoms with E-state index in [-0.39, 0.29) is 23.1 Å². The van der Waals surface area contributed by atoms with E-state index in [1.807, 2.05) is 6.07 Å². The Bertz CT molecular complexity index is 1940. The molecule has 0 unspecified atom stereocenters. The molecule has 17 heteroatoms. The Morgan fingerprint density at radius 2 is 1.98 bits per heavy atom. The average molecular weight is 577 g/mol. The Morgan fingerprint density at radius 1 is 1.18 bits per heavy atom. The van der Waals surface area contributed by atoms with E-state index in [9.17, 15) is 27.3 Å². The van der Waals surface area contributed by atoms with Crippen molar-refractivity contribution in [3.63, 3.8) is 0 Å². The van der Waals surface area contributed by atoms with Crippen LogP contribution in [-0.4, -0.2) is 49.9 Å². The van der Waals surface area contributed by atoms with E-state index in [0.29, 0.717) is 23.0 Å². The number of hydrogen-bond acceptors (Lipinski definition) is 7. The lowest BCUT2D eigenvalue weighted by atomic mass is 10.0. The molecule has 1 fully saturated rings. The van der Waals surface area contributed by atoms with Crippen LogP contribution >= 0.6 is 7.82 Å². The fraction of sp³-hybridized carbons (Fsp3) is 0.261. The molecule has 6 rings (SSSR count). The third-order valence-electron chi connectivity index (χ3n) is 6.66. The number of phosphoric ester groups is 1. The van der Waals surface area contributed by atoms with Gasteiger partial charge in [0.1, 0.15) is 13.3 Å². The lowest BCUT2D eigenvalue weighted by Gasteiger charge is -2.11. The molecule has 1 aromatic carbocycles. The zero-order chi connectivity index (χ0) is 28.4. The predicted molar refractivity (Wildman–Crippen MR) is 132 cm³/mol. The first-order chi connectivity index (χ1) is 18.9. The third-order valence-corrected chi connectivity index (χ3v) is 7.11. The molecule has 0 saturated heterocycles. The topological polar surface area (TPSA) is 170 Å². The van der Waals surface area contributed by atoms with Crippen molar-refractivity contribution in [1.82, 2.24) is 33.9 Å². The normalized spacial score (nSPS) is 17.6. The first-order valence-corrected chi connectivity index (χ1v) is 13.3. The fourth-order valence-corrected chi connectivity index (χ4v) is 5.07. The number of aromatic amines is 1. The first kappa shape index (κ1) is 26.1. The molecule has 5 aromatic rings. The zero-order valence-electron chi connectivity index (χ0n) is 20.2. The Labute approximate surface area is 220 Å². The lowest BCUT2D eigenvalue weighted by Crippen LogP contribution is -2.31. The SMILES string of the molecule is O=c1[nH]c(=O)n(COP(=O)(O)O)cc1-c1cc([C@@H]2C[C@H]2c2ccc3cnn(CC(F)(F)F)c3c2)c2nccn2n1. The summed E-state index contributed by atoms with van der Waals surface area (Å²) in [7, 11) is -4.89. The minimum Gasteiger partial charge on any atom is -0.303 e. The van der Waals surface area contributed by atoms with Crippen LogP contribution in [0.4, 0.5) is 13.2 Å². The van der Waals surface area contributed by atoms with E-state index < -0.39 is 38.5 Å². The highest BCUT2D eigenvalue weighted by molar-refractivity contribution is 7.46. The summed E-state index contributed by atoms with van der Waals surface area (Å²) in [6, 6.07) is 6.92. The number of imidazole rings is 1. The van der Waals surface area contributed by atoms with Crippen LogP contribution in [0, 0.1) is 0 Å². The molecule has 4 heterocycles. The second kappa shape index (κ2) is 9.23. The second-order valence-corrected chi connectivity index (χ2v) is 10.6. The number of halogens is 3. The van der Waals surface area contributed by atoms with Crippen LogP contribution in [0.25, 0.3) is 27.8 Å². The maximum absolute atomic E-state index is 13.0. The van der Waals surface area contributed by atoms with Crippen molar-refractivity contribution in [1.29, 1.82) is 0 Å². The van der Waals surface area contributed by atoms with Gasteiger partial charge in [0.25, 0.3) is 5.56 Å². The highest BCUT2D eigenvalue weighted by atomic mass is 31.2. The molecule has 208 valence electrons. The number of benzene rings is 1. The van der Waals surface area contributed by atoms with Crippen LogP contribution in [0.1, 0.15) is 29.4 Å². The molecule has 40 heavy (non-hydrogen) atoms. The summed E-state index contributed by atoms with van der Waals surface area (Å²) >= 11 is 0. The van der Waals surface area contributed by atoms with Gasteiger partial charge in [-0.3, -0.25) is 23.6 Å². The molecule has 1 aliphatic carbocycles. The van der Waals surface area contributed by atoms with Gasteiger partial charge in [-0.1, -0.05) is 12.1 Å². The summed E-state index contributed by atoms with van der Waals surface area (Å²) < 4.78 is 57.6. The van der Waals surface area contributed by atoms with Gasteiger partial charge >= 0.3 is 19.7 Å². The summed E-state index contributed by atoms with van der Waals surface area (Å²) in [4.78, 5) is 49.2. The number of aromatic nitrogens is 7. The number of alkyl halides is 3. The Balaban J connectivity index is 1.36. The summed E-state index contributed by atoms with van der Waals surface area (Å²) in [5.41, 5.74) is 0.844. The van der Waals surface area contributed by atoms with E-state index in [1.54, 1.807) is 24.4 Å². The maximum Gasteiger partial charge on any atom is 0.471 e. The van der Waals surface area contributed by atoms with Crippen molar-refractivity contribution in [2.75, 3.05) is 0 Å². The molecule has 0 radical (unpaired) electrons. The number of H-pyrrole nitrogens is 1. The molecule has 13 nitrogen and oxygen atoms in total. The van der Waals surface area contributed by atoms with Gasteiger partial charge in [0, 0.05) is 29.5 Å². The van der Waals surface area contributed by atoms with Crippen LogP contribution < -0.4 is 11.2 Å². The molecular weight excluding hydrogens is 558 g/mol. The molecule has 0 amide bonds. The average Bonchev–Trinajstić information content (AvgIpc) is 3.35. The Kier molecular flexibility index (Phi) is 6.03. The molecule has 3 N–H and O–H groups in total. The quantitative estimate of drug-likeness (QED) is 0.246. The minimum atomic E-state index is -4.89. The molecule has 0 aliphatic heterocycles. The van der Waals surface area contributed by atoms with E-state index in [0.717, 1.165) is 26.6 Å². The van der Waals surface area contributed by atoms with Crippen LogP contribution in [0.15, 0.2) is 58.6 Å².